The Morgan fingerprint density at radius 1 is 1.11 bits per heavy atom. The highest BCUT2D eigenvalue weighted by molar-refractivity contribution is 5.77. The SMILES string of the molecule is O=C1CCCCN1CCCC(=O)N1CCC[C@H](c2nccn2CC2CCC2)C1. The number of nitrogens with zero attached hydrogens (tertiary/aromatic N) is 4. The molecule has 2 saturated heterocycles. The van der Waals surface area contributed by atoms with Crippen LogP contribution in [0.15, 0.2) is 12.4 Å². The molecule has 3 heterocycles. The van der Waals surface area contributed by atoms with Crippen LogP contribution in [0.5, 0.6) is 0 Å². The first-order chi connectivity index (χ1) is 13.7. The molecule has 3 aliphatic rings. The molecule has 0 unspecified atom stereocenters. The van der Waals surface area contributed by atoms with Crippen LogP contribution in [0, 0.1) is 5.92 Å². The van der Waals surface area contributed by atoms with Gasteiger partial charge < -0.3 is 14.4 Å². The molecule has 2 aliphatic heterocycles. The summed E-state index contributed by atoms with van der Waals surface area (Å²) >= 11 is 0. The van der Waals surface area contributed by atoms with E-state index in [4.69, 9.17) is 0 Å². The molecule has 2 amide bonds. The van der Waals surface area contributed by atoms with Crippen LogP contribution in [-0.4, -0.2) is 57.3 Å². The third kappa shape index (κ3) is 4.58. The Hall–Kier alpha value is -1.85. The first-order valence-corrected chi connectivity index (χ1v) is 11.3. The maximum absolute atomic E-state index is 12.7. The van der Waals surface area contributed by atoms with Gasteiger partial charge in [-0.15, -0.1) is 0 Å². The first kappa shape index (κ1) is 19.5. The minimum Gasteiger partial charge on any atom is -0.343 e. The van der Waals surface area contributed by atoms with Gasteiger partial charge in [-0.25, -0.2) is 4.98 Å². The monoisotopic (exact) mass is 386 g/mol. The van der Waals surface area contributed by atoms with Crippen molar-refractivity contribution in [1.29, 1.82) is 0 Å². The fraction of sp³-hybridized carbons (Fsp3) is 0.773. The minimum absolute atomic E-state index is 0.242. The Balaban J connectivity index is 1.27. The molecule has 0 aromatic carbocycles. The van der Waals surface area contributed by atoms with Crippen molar-refractivity contribution in [2.24, 2.45) is 5.92 Å². The van der Waals surface area contributed by atoms with E-state index in [0.29, 0.717) is 18.8 Å². The van der Waals surface area contributed by atoms with Gasteiger partial charge in [-0.05, 0) is 50.9 Å². The van der Waals surface area contributed by atoms with Crippen molar-refractivity contribution in [2.45, 2.75) is 76.7 Å². The Morgan fingerprint density at radius 2 is 2.00 bits per heavy atom. The van der Waals surface area contributed by atoms with Crippen molar-refractivity contribution in [2.75, 3.05) is 26.2 Å². The Bertz CT molecular complexity index is 682. The Kier molecular flexibility index (Phi) is 6.33. The average Bonchev–Trinajstić information content (AvgIpc) is 3.15. The van der Waals surface area contributed by atoms with Gasteiger partial charge in [0.1, 0.15) is 5.82 Å². The van der Waals surface area contributed by atoms with Crippen molar-refractivity contribution in [1.82, 2.24) is 19.4 Å². The fourth-order valence-electron chi connectivity index (χ4n) is 4.88. The number of likely N-dealkylation sites (tertiary alicyclic amines) is 2. The standard InChI is InChI=1S/C22H34N4O2/c27-20-9-1-2-12-24(20)13-5-10-21(28)25-14-4-8-19(17-25)22-23-11-15-26(22)16-18-6-3-7-18/h11,15,18-19H,1-10,12-14,16-17H2/t19-/m0/s1. The molecule has 0 radical (unpaired) electrons. The predicted molar refractivity (Wildman–Crippen MR) is 108 cm³/mol. The molecule has 6 nitrogen and oxygen atoms in total. The van der Waals surface area contributed by atoms with E-state index in [-0.39, 0.29) is 11.8 Å². The average molecular weight is 387 g/mol. The molecule has 154 valence electrons. The Morgan fingerprint density at radius 3 is 2.79 bits per heavy atom. The molecule has 1 aliphatic carbocycles. The highest BCUT2D eigenvalue weighted by Crippen LogP contribution is 2.31. The topological polar surface area (TPSA) is 58.4 Å². The van der Waals surface area contributed by atoms with E-state index >= 15 is 0 Å². The second-order valence-electron chi connectivity index (χ2n) is 8.86. The van der Waals surface area contributed by atoms with Gasteiger partial charge in [0.15, 0.2) is 0 Å². The molecular weight excluding hydrogens is 352 g/mol. The highest BCUT2D eigenvalue weighted by atomic mass is 16.2. The number of carbonyl (C=O) groups is 2. The van der Waals surface area contributed by atoms with E-state index in [1.54, 1.807) is 0 Å². The summed E-state index contributed by atoms with van der Waals surface area (Å²) in [7, 11) is 0. The largest absolute Gasteiger partial charge is 0.343 e. The van der Waals surface area contributed by atoms with Crippen LogP contribution < -0.4 is 0 Å². The molecule has 0 spiro atoms. The summed E-state index contributed by atoms with van der Waals surface area (Å²) in [5.74, 6) is 2.84. The van der Waals surface area contributed by atoms with Crippen LogP contribution in [0.25, 0.3) is 0 Å². The lowest BCUT2D eigenvalue weighted by molar-refractivity contribution is -0.135. The van der Waals surface area contributed by atoms with Gasteiger partial charge in [0.2, 0.25) is 11.8 Å². The molecule has 4 rings (SSSR count). The van der Waals surface area contributed by atoms with Gasteiger partial charge in [-0.1, -0.05) is 6.42 Å². The maximum Gasteiger partial charge on any atom is 0.222 e. The number of carbonyl (C=O) groups excluding carboxylic acids is 2. The smallest absolute Gasteiger partial charge is 0.222 e. The molecule has 28 heavy (non-hydrogen) atoms. The Labute approximate surface area is 168 Å². The molecule has 0 bridgehead atoms. The first-order valence-electron chi connectivity index (χ1n) is 11.3. The lowest BCUT2D eigenvalue weighted by Gasteiger charge is -2.34. The van der Waals surface area contributed by atoms with Gasteiger partial charge in [0.25, 0.3) is 0 Å². The number of hydrogen-bond donors (Lipinski definition) is 0. The summed E-state index contributed by atoms with van der Waals surface area (Å²) in [5.41, 5.74) is 0. The summed E-state index contributed by atoms with van der Waals surface area (Å²) in [4.78, 5) is 33.3. The van der Waals surface area contributed by atoms with Crippen LogP contribution in [0.3, 0.4) is 0 Å². The number of hydrogen-bond acceptors (Lipinski definition) is 3. The van der Waals surface area contributed by atoms with Gasteiger partial charge in [-0.3, -0.25) is 9.59 Å². The van der Waals surface area contributed by atoms with Crippen molar-refractivity contribution < 1.29 is 9.59 Å². The van der Waals surface area contributed by atoms with E-state index in [1.165, 1.54) is 25.1 Å². The molecule has 1 aromatic rings. The quantitative estimate of drug-likeness (QED) is 0.723. The highest BCUT2D eigenvalue weighted by Gasteiger charge is 2.28. The van der Waals surface area contributed by atoms with Crippen molar-refractivity contribution in [3.8, 4) is 0 Å². The van der Waals surface area contributed by atoms with E-state index in [2.05, 4.69) is 15.7 Å². The second-order valence-corrected chi connectivity index (χ2v) is 8.86. The van der Waals surface area contributed by atoms with Crippen molar-refractivity contribution in [3.63, 3.8) is 0 Å². The molecule has 0 N–H and O–H groups in total. The van der Waals surface area contributed by atoms with Crippen molar-refractivity contribution >= 4 is 11.8 Å². The van der Waals surface area contributed by atoms with Gasteiger partial charge >= 0.3 is 0 Å². The predicted octanol–water partition coefficient (Wildman–Crippen LogP) is 3.18. The van der Waals surface area contributed by atoms with Crippen LogP contribution in [0.4, 0.5) is 0 Å². The summed E-state index contributed by atoms with van der Waals surface area (Å²) in [5, 5.41) is 0. The summed E-state index contributed by atoms with van der Waals surface area (Å²) in [6.07, 6.45) is 14.4. The number of piperidine rings is 2. The number of amides is 2. The molecule has 3 fully saturated rings. The molecule has 1 saturated carbocycles. The van der Waals surface area contributed by atoms with Gasteiger partial charge in [-0.2, -0.15) is 0 Å². The second kappa shape index (κ2) is 9.10. The summed E-state index contributed by atoms with van der Waals surface area (Å²) in [6, 6.07) is 0. The molecular formula is C22H34N4O2. The van der Waals surface area contributed by atoms with Crippen LogP contribution in [0.1, 0.15) is 76.0 Å². The molecule has 6 heteroatoms. The fourth-order valence-corrected chi connectivity index (χ4v) is 4.88. The third-order valence-electron chi connectivity index (χ3n) is 6.81. The third-order valence-corrected chi connectivity index (χ3v) is 6.81. The van der Waals surface area contributed by atoms with E-state index in [9.17, 15) is 9.59 Å². The number of imidazole rings is 1. The van der Waals surface area contributed by atoms with Crippen LogP contribution in [0.2, 0.25) is 0 Å². The lowest BCUT2D eigenvalue weighted by atomic mass is 9.85. The number of rotatable bonds is 7. The minimum atomic E-state index is 0.242. The lowest BCUT2D eigenvalue weighted by Crippen LogP contribution is -2.40. The zero-order valence-corrected chi connectivity index (χ0v) is 17.0. The van der Waals surface area contributed by atoms with E-state index in [1.807, 2.05) is 16.0 Å². The van der Waals surface area contributed by atoms with E-state index < -0.39 is 0 Å². The summed E-state index contributed by atoms with van der Waals surface area (Å²) in [6.45, 7) is 4.34. The van der Waals surface area contributed by atoms with Gasteiger partial charge in [0.05, 0.1) is 0 Å². The summed E-state index contributed by atoms with van der Waals surface area (Å²) < 4.78 is 2.34. The normalized spacial score (nSPS) is 23.7. The zero-order chi connectivity index (χ0) is 19.3. The molecule has 1 aromatic heterocycles. The molecule has 1 atom stereocenters. The maximum atomic E-state index is 12.7. The van der Waals surface area contributed by atoms with Crippen molar-refractivity contribution in [3.05, 3.63) is 18.2 Å². The van der Waals surface area contributed by atoms with E-state index in [0.717, 1.165) is 70.7 Å². The number of aromatic nitrogens is 2. The van der Waals surface area contributed by atoms with Crippen LogP contribution in [-0.2, 0) is 16.1 Å². The zero-order valence-electron chi connectivity index (χ0n) is 17.0. The van der Waals surface area contributed by atoms with Gasteiger partial charge in [0, 0.05) is 63.9 Å². The van der Waals surface area contributed by atoms with Crippen LogP contribution >= 0.6 is 0 Å².